The zero-order chi connectivity index (χ0) is 14.5. The lowest BCUT2D eigenvalue weighted by molar-refractivity contribution is 0.400. The van der Waals surface area contributed by atoms with E-state index in [2.05, 4.69) is 24.1 Å². The summed E-state index contributed by atoms with van der Waals surface area (Å²) >= 11 is 6.04. The fourth-order valence-corrected chi connectivity index (χ4v) is 2.54. The molecule has 0 saturated heterocycles. The third-order valence-corrected chi connectivity index (χ3v) is 3.48. The standard InChI is InChI=1S/C16H19ClN2O/c1-4-18-15(13-8-7-12(17)10-11(13)2)16-14(20-3)6-5-9-19-16/h5-10,15,18H,4H2,1-3H3. The molecule has 4 heteroatoms. The highest BCUT2D eigenvalue weighted by Gasteiger charge is 2.20. The van der Waals surface area contributed by atoms with E-state index in [1.165, 1.54) is 0 Å². The number of hydrogen-bond acceptors (Lipinski definition) is 3. The highest BCUT2D eigenvalue weighted by atomic mass is 35.5. The first-order valence-electron chi connectivity index (χ1n) is 6.65. The Balaban J connectivity index is 2.50. The summed E-state index contributed by atoms with van der Waals surface area (Å²) in [5, 5.41) is 4.21. The molecule has 106 valence electrons. The maximum Gasteiger partial charge on any atom is 0.142 e. The maximum absolute atomic E-state index is 6.04. The van der Waals surface area contributed by atoms with Crippen LogP contribution in [0.3, 0.4) is 0 Å². The van der Waals surface area contributed by atoms with Gasteiger partial charge in [0, 0.05) is 11.2 Å². The molecule has 20 heavy (non-hydrogen) atoms. The fraction of sp³-hybridized carbons (Fsp3) is 0.312. The van der Waals surface area contributed by atoms with E-state index in [4.69, 9.17) is 16.3 Å². The zero-order valence-corrected chi connectivity index (χ0v) is 12.7. The lowest BCUT2D eigenvalue weighted by Gasteiger charge is -2.21. The molecule has 1 atom stereocenters. The van der Waals surface area contributed by atoms with E-state index in [1.807, 2.05) is 30.3 Å². The number of halogens is 1. The van der Waals surface area contributed by atoms with Crippen LogP contribution in [0.4, 0.5) is 0 Å². The van der Waals surface area contributed by atoms with E-state index >= 15 is 0 Å². The molecule has 0 fully saturated rings. The van der Waals surface area contributed by atoms with Crippen LogP contribution in [-0.4, -0.2) is 18.6 Å². The number of nitrogens with one attached hydrogen (secondary N) is 1. The van der Waals surface area contributed by atoms with Gasteiger partial charge >= 0.3 is 0 Å². The van der Waals surface area contributed by atoms with Crippen molar-refractivity contribution in [1.29, 1.82) is 0 Å². The summed E-state index contributed by atoms with van der Waals surface area (Å²) in [5.74, 6) is 0.785. The smallest absolute Gasteiger partial charge is 0.142 e. The number of pyridine rings is 1. The zero-order valence-electron chi connectivity index (χ0n) is 12.0. The van der Waals surface area contributed by atoms with E-state index in [9.17, 15) is 0 Å². The Bertz CT molecular complexity index is 586. The van der Waals surface area contributed by atoms with Crippen molar-refractivity contribution in [3.63, 3.8) is 0 Å². The van der Waals surface area contributed by atoms with Gasteiger partial charge in [-0.15, -0.1) is 0 Å². The molecular formula is C16H19ClN2O. The van der Waals surface area contributed by atoms with Gasteiger partial charge in [0.05, 0.1) is 13.2 Å². The van der Waals surface area contributed by atoms with Crippen LogP contribution < -0.4 is 10.1 Å². The van der Waals surface area contributed by atoms with Gasteiger partial charge in [-0.3, -0.25) is 4.98 Å². The number of ether oxygens (including phenoxy) is 1. The molecule has 3 nitrogen and oxygen atoms in total. The molecule has 1 unspecified atom stereocenters. The largest absolute Gasteiger partial charge is 0.495 e. The number of benzene rings is 1. The third-order valence-electron chi connectivity index (χ3n) is 3.24. The topological polar surface area (TPSA) is 34.2 Å². The van der Waals surface area contributed by atoms with Crippen LogP contribution in [0.1, 0.15) is 29.8 Å². The lowest BCUT2D eigenvalue weighted by atomic mass is 9.97. The normalized spacial score (nSPS) is 12.2. The van der Waals surface area contributed by atoms with Gasteiger partial charge in [0.15, 0.2) is 0 Å². The first-order valence-corrected chi connectivity index (χ1v) is 7.03. The van der Waals surface area contributed by atoms with Gasteiger partial charge in [0.25, 0.3) is 0 Å². The maximum atomic E-state index is 6.04. The van der Waals surface area contributed by atoms with Gasteiger partial charge in [0.2, 0.25) is 0 Å². The van der Waals surface area contributed by atoms with Crippen LogP contribution in [0.15, 0.2) is 36.5 Å². The van der Waals surface area contributed by atoms with E-state index in [0.717, 1.165) is 34.1 Å². The molecule has 0 amide bonds. The van der Waals surface area contributed by atoms with Gasteiger partial charge in [0.1, 0.15) is 11.4 Å². The summed E-state index contributed by atoms with van der Waals surface area (Å²) in [6.07, 6.45) is 1.79. The summed E-state index contributed by atoms with van der Waals surface area (Å²) in [4.78, 5) is 4.49. The first kappa shape index (κ1) is 14.8. The number of nitrogens with zero attached hydrogens (tertiary/aromatic N) is 1. The van der Waals surface area contributed by atoms with Crippen LogP contribution in [-0.2, 0) is 0 Å². The Labute approximate surface area is 124 Å². The van der Waals surface area contributed by atoms with Crippen LogP contribution in [0.25, 0.3) is 0 Å². The van der Waals surface area contributed by atoms with Crippen LogP contribution in [0.2, 0.25) is 5.02 Å². The first-order chi connectivity index (χ1) is 9.67. The van der Waals surface area contributed by atoms with Crippen molar-refractivity contribution in [2.45, 2.75) is 19.9 Å². The fourth-order valence-electron chi connectivity index (χ4n) is 2.31. The summed E-state index contributed by atoms with van der Waals surface area (Å²) in [6.45, 7) is 4.97. The molecule has 0 aliphatic carbocycles. The minimum Gasteiger partial charge on any atom is -0.495 e. The monoisotopic (exact) mass is 290 g/mol. The average Bonchev–Trinajstić information content (AvgIpc) is 2.45. The number of aryl methyl sites for hydroxylation is 1. The molecule has 1 N–H and O–H groups in total. The number of hydrogen-bond donors (Lipinski definition) is 1. The summed E-state index contributed by atoms with van der Waals surface area (Å²) in [7, 11) is 1.66. The van der Waals surface area contributed by atoms with Crippen molar-refractivity contribution in [2.75, 3.05) is 13.7 Å². The Morgan fingerprint density at radius 3 is 2.80 bits per heavy atom. The summed E-state index contributed by atoms with van der Waals surface area (Å²) in [5.41, 5.74) is 3.19. The number of methoxy groups -OCH3 is 1. The second-order valence-electron chi connectivity index (χ2n) is 4.58. The van der Waals surface area contributed by atoms with Crippen molar-refractivity contribution in [3.05, 3.63) is 58.4 Å². The quantitative estimate of drug-likeness (QED) is 0.910. The lowest BCUT2D eigenvalue weighted by Crippen LogP contribution is -2.24. The minimum absolute atomic E-state index is 0.00610. The van der Waals surface area contributed by atoms with E-state index in [1.54, 1.807) is 13.3 Å². The molecule has 1 heterocycles. The highest BCUT2D eigenvalue weighted by Crippen LogP contribution is 2.30. The van der Waals surface area contributed by atoms with Crippen molar-refractivity contribution in [2.24, 2.45) is 0 Å². The Kier molecular flexibility index (Phi) is 4.99. The number of rotatable bonds is 5. The Hall–Kier alpha value is -1.58. The minimum atomic E-state index is -0.00610. The Morgan fingerprint density at radius 1 is 1.35 bits per heavy atom. The van der Waals surface area contributed by atoms with Crippen LogP contribution >= 0.6 is 11.6 Å². The molecular weight excluding hydrogens is 272 g/mol. The number of aromatic nitrogens is 1. The molecule has 0 bridgehead atoms. The molecule has 0 aliphatic heterocycles. The Morgan fingerprint density at radius 2 is 2.15 bits per heavy atom. The van der Waals surface area contributed by atoms with Gasteiger partial charge in [-0.1, -0.05) is 24.6 Å². The van der Waals surface area contributed by atoms with Crippen molar-refractivity contribution < 1.29 is 4.74 Å². The van der Waals surface area contributed by atoms with Gasteiger partial charge in [-0.2, -0.15) is 0 Å². The summed E-state index contributed by atoms with van der Waals surface area (Å²) < 4.78 is 5.43. The highest BCUT2D eigenvalue weighted by molar-refractivity contribution is 6.30. The second kappa shape index (κ2) is 6.73. The van der Waals surface area contributed by atoms with E-state index in [-0.39, 0.29) is 6.04 Å². The predicted octanol–water partition coefficient (Wildman–Crippen LogP) is 3.75. The van der Waals surface area contributed by atoms with Crippen molar-refractivity contribution in [3.8, 4) is 5.75 Å². The molecule has 0 spiro atoms. The van der Waals surface area contributed by atoms with Crippen molar-refractivity contribution in [1.82, 2.24) is 10.3 Å². The molecule has 0 radical (unpaired) electrons. The van der Waals surface area contributed by atoms with E-state index < -0.39 is 0 Å². The SMILES string of the molecule is CCNC(c1ccc(Cl)cc1C)c1ncccc1OC. The molecule has 2 aromatic rings. The average molecular weight is 291 g/mol. The van der Waals surface area contributed by atoms with Crippen LogP contribution in [0.5, 0.6) is 5.75 Å². The van der Waals surface area contributed by atoms with Gasteiger partial charge < -0.3 is 10.1 Å². The third kappa shape index (κ3) is 3.11. The molecule has 0 saturated carbocycles. The molecule has 1 aromatic carbocycles. The van der Waals surface area contributed by atoms with Crippen LogP contribution in [0, 0.1) is 6.92 Å². The molecule has 2 rings (SSSR count). The predicted molar refractivity (Wildman–Crippen MR) is 82.5 cm³/mol. The molecule has 1 aromatic heterocycles. The second-order valence-corrected chi connectivity index (χ2v) is 5.02. The molecule has 0 aliphatic rings. The van der Waals surface area contributed by atoms with Gasteiger partial charge in [-0.05, 0) is 48.9 Å². The summed E-state index contributed by atoms with van der Waals surface area (Å²) in [6, 6.07) is 9.71. The van der Waals surface area contributed by atoms with E-state index in [0.29, 0.717) is 0 Å². The van der Waals surface area contributed by atoms with Crippen molar-refractivity contribution >= 4 is 11.6 Å². The van der Waals surface area contributed by atoms with Gasteiger partial charge in [-0.25, -0.2) is 0 Å².